The average Bonchev–Trinajstić information content (AvgIpc) is 2.43. The van der Waals surface area contributed by atoms with E-state index < -0.39 is 5.97 Å². The fourth-order valence-corrected chi connectivity index (χ4v) is 2.22. The van der Waals surface area contributed by atoms with Crippen LogP contribution in [0.4, 0.5) is 0 Å². The van der Waals surface area contributed by atoms with Crippen molar-refractivity contribution in [2.75, 3.05) is 19.8 Å². The smallest absolute Gasteiger partial charge is 0.357 e. The van der Waals surface area contributed by atoms with E-state index in [1.165, 1.54) is 0 Å². The third-order valence-electron chi connectivity index (χ3n) is 3.16. The molecule has 0 spiro atoms. The molecule has 0 N–H and O–H groups in total. The minimum absolute atomic E-state index is 0.194. The molecule has 0 atom stereocenters. The number of esters is 1. The molecule has 19 heavy (non-hydrogen) atoms. The van der Waals surface area contributed by atoms with E-state index in [-0.39, 0.29) is 11.6 Å². The summed E-state index contributed by atoms with van der Waals surface area (Å²) in [5, 5.41) is 0.319. The largest absolute Gasteiger partial charge is 0.461 e. The SMILES string of the molecule is CCOC(=O)c1nc(C2CCOCC2)nc(Cl)c1C. The molecule has 1 aromatic rings. The molecule has 0 aromatic carbocycles. The molecule has 0 amide bonds. The van der Waals surface area contributed by atoms with Gasteiger partial charge in [0.25, 0.3) is 0 Å². The van der Waals surface area contributed by atoms with Crippen molar-refractivity contribution in [2.45, 2.75) is 32.6 Å². The zero-order chi connectivity index (χ0) is 13.8. The van der Waals surface area contributed by atoms with Gasteiger partial charge in [0.05, 0.1) is 6.61 Å². The number of rotatable bonds is 3. The standard InChI is InChI=1S/C13H17ClN2O3/c1-3-19-13(17)10-8(2)11(14)16-12(15-10)9-4-6-18-7-5-9/h9H,3-7H2,1-2H3. The third-order valence-corrected chi connectivity index (χ3v) is 3.53. The highest BCUT2D eigenvalue weighted by molar-refractivity contribution is 6.30. The Balaban J connectivity index is 2.32. The molecule has 5 nitrogen and oxygen atoms in total. The number of ether oxygens (including phenoxy) is 2. The van der Waals surface area contributed by atoms with E-state index in [1.807, 2.05) is 0 Å². The highest BCUT2D eigenvalue weighted by Crippen LogP contribution is 2.27. The quantitative estimate of drug-likeness (QED) is 0.630. The van der Waals surface area contributed by atoms with Gasteiger partial charge in [0.15, 0.2) is 5.69 Å². The van der Waals surface area contributed by atoms with Gasteiger partial charge in [0.1, 0.15) is 11.0 Å². The van der Waals surface area contributed by atoms with Crippen LogP contribution in [-0.4, -0.2) is 35.8 Å². The van der Waals surface area contributed by atoms with Crippen molar-refractivity contribution in [2.24, 2.45) is 0 Å². The molecule has 104 valence electrons. The Bertz CT molecular complexity index is 473. The molecule has 1 aliphatic rings. The summed E-state index contributed by atoms with van der Waals surface area (Å²) in [6.07, 6.45) is 1.70. The Morgan fingerprint density at radius 1 is 1.42 bits per heavy atom. The molecule has 6 heteroatoms. The second kappa shape index (κ2) is 6.30. The van der Waals surface area contributed by atoms with Gasteiger partial charge in [-0.25, -0.2) is 14.8 Å². The first kappa shape index (κ1) is 14.2. The third kappa shape index (κ3) is 3.22. The van der Waals surface area contributed by atoms with E-state index in [0.717, 1.165) is 12.8 Å². The zero-order valence-corrected chi connectivity index (χ0v) is 11.9. The van der Waals surface area contributed by atoms with Crippen molar-refractivity contribution in [3.8, 4) is 0 Å². The van der Waals surface area contributed by atoms with Gasteiger partial charge in [-0.15, -0.1) is 0 Å². The van der Waals surface area contributed by atoms with Crippen LogP contribution in [0.25, 0.3) is 0 Å². The number of nitrogens with zero attached hydrogens (tertiary/aromatic N) is 2. The number of carbonyl (C=O) groups is 1. The first-order valence-electron chi connectivity index (χ1n) is 6.42. The van der Waals surface area contributed by atoms with Crippen LogP contribution in [0.15, 0.2) is 0 Å². The first-order chi connectivity index (χ1) is 9.13. The maximum absolute atomic E-state index is 11.9. The molecular weight excluding hydrogens is 268 g/mol. The topological polar surface area (TPSA) is 61.3 Å². The van der Waals surface area contributed by atoms with Gasteiger partial charge >= 0.3 is 5.97 Å². The van der Waals surface area contributed by atoms with Gasteiger partial charge in [-0.2, -0.15) is 0 Å². The molecule has 1 aromatic heterocycles. The number of hydrogen-bond acceptors (Lipinski definition) is 5. The van der Waals surface area contributed by atoms with E-state index in [9.17, 15) is 4.79 Å². The molecule has 0 radical (unpaired) electrons. The summed E-state index contributed by atoms with van der Waals surface area (Å²) in [5.74, 6) is 0.361. The number of aromatic nitrogens is 2. The fraction of sp³-hybridized carbons (Fsp3) is 0.615. The Labute approximate surface area is 117 Å². The summed E-state index contributed by atoms with van der Waals surface area (Å²) in [5.41, 5.74) is 0.833. The van der Waals surface area contributed by atoms with Crippen molar-refractivity contribution < 1.29 is 14.3 Å². The first-order valence-corrected chi connectivity index (χ1v) is 6.80. The van der Waals surface area contributed by atoms with E-state index in [4.69, 9.17) is 21.1 Å². The van der Waals surface area contributed by atoms with Crippen molar-refractivity contribution in [1.82, 2.24) is 9.97 Å². The fourth-order valence-electron chi connectivity index (χ4n) is 2.04. The summed E-state index contributed by atoms with van der Waals surface area (Å²) in [4.78, 5) is 20.5. The lowest BCUT2D eigenvalue weighted by Crippen LogP contribution is -2.19. The van der Waals surface area contributed by atoms with Gasteiger partial charge in [-0.1, -0.05) is 11.6 Å². The molecule has 2 rings (SSSR count). The van der Waals surface area contributed by atoms with Gasteiger partial charge < -0.3 is 9.47 Å². The minimum atomic E-state index is -0.447. The van der Waals surface area contributed by atoms with Crippen LogP contribution in [0.5, 0.6) is 0 Å². The maximum Gasteiger partial charge on any atom is 0.357 e. The molecule has 0 aliphatic carbocycles. The highest BCUT2D eigenvalue weighted by atomic mass is 35.5. The Hall–Kier alpha value is -1.20. The molecule has 1 saturated heterocycles. The Morgan fingerprint density at radius 2 is 2.11 bits per heavy atom. The summed E-state index contributed by atoms with van der Waals surface area (Å²) in [6, 6.07) is 0. The van der Waals surface area contributed by atoms with E-state index in [1.54, 1.807) is 13.8 Å². The predicted molar refractivity (Wildman–Crippen MR) is 70.5 cm³/mol. The summed E-state index contributed by atoms with van der Waals surface area (Å²) in [6.45, 7) is 5.17. The van der Waals surface area contributed by atoms with Crippen LogP contribution in [0.2, 0.25) is 5.15 Å². The molecule has 0 bridgehead atoms. The molecule has 0 unspecified atom stereocenters. The normalized spacial score (nSPS) is 16.4. The lowest BCUT2D eigenvalue weighted by Gasteiger charge is -2.21. The monoisotopic (exact) mass is 284 g/mol. The van der Waals surface area contributed by atoms with Crippen LogP contribution >= 0.6 is 11.6 Å². The minimum Gasteiger partial charge on any atom is -0.461 e. The zero-order valence-electron chi connectivity index (χ0n) is 11.1. The van der Waals surface area contributed by atoms with Gasteiger partial charge in [0.2, 0.25) is 0 Å². The maximum atomic E-state index is 11.9. The van der Waals surface area contributed by atoms with Gasteiger partial charge in [-0.3, -0.25) is 0 Å². The summed E-state index contributed by atoms with van der Waals surface area (Å²) >= 11 is 6.09. The summed E-state index contributed by atoms with van der Waals surface area (Å²) < 4.78 is 10.3. The van der Waals surface area contributed by atoms with Gasteiger partial charge in [0, 0.05) is 24.7 Å². The molecule has 1 fully saturated rings. The number of halogens is 1. The van der Waals surface area contributed by atoms with Crippen molar-refractivity contribution in [3.05, 3.63) is 22.2 Å². The second-order valence-electron chi connectivity index (χ2n) is 4.45. The molecule has 0 saturated carbocycles. The van der Waals surface area contributed by atoms with Crippen LogP contribution < -0.4 is 0 Å². The second-order valence-corrected chi connectivity index (χ2v) is 4.81. The van der Waals surface area contributed by atoms with E-state index >= 15 is 0 Å². The number of hydrogen-bond donors (Lipinski definition) is 0. The molecule has 2 heterocycles. The lowest BCUT2D eigenvalue weighted by molar-refractivity contribution is 0.0517. The van der Waals surface area contributed by atoms with Crippen LogP contribution in [0.1, 0.15) is 47.6 Å². The van der Waals surface area contributed by atoms with E-state index in [2.05, 4.69) is 9.97 Å². The van der Waals surface area contributed by atoms with E-state index in [0.29, 0.717) is 36.4 Å². The molecule has 1 aliphatic heterocycles. The van der Waals surface area contributed by atoms with Crippen molar-refractivity contribution >= 4 is 17.6 Å². The summed E-state index contributed by atoms with van der Waals surface area (Å²) in [7, 11) is 0. The Morgan fingerprint density at radius 3 is 2.74 bits per heavy atom. The van der Waals surface area contributed by atoms with Crippen molar-refractivity contribution in [1.29, 1.82) is 0 Å². The van der Waals surface area contributed by atoms with Crippen LogP contribution in [0, 0.1) is 6.92 Å². The number of carbonyl (C=O) groups excluding carboxylic acids is 1. The molecular formula is C13H17ClN2O3. The van der Waals surface area contributed by atoms with Crippen molar-refractivity contribution in [3.63, 3.8) is 0 Å². The average molecular weight is 285 g/mol. The highest BCUT2D eigenvalue weighted by Gasteiger charge is 2.23. The Kier molecular flexibility index (Phi) is 4.71. The predicted octanol–water partition coefficient (Wildman–Crippen LogP) is 2.51. The van der Waals surface area contributed by atoms with Crippen LogP contribution in [-0.2, 0) is 9.47 Å². The van der Waals surface area contributed by atoms with Crippen LogP contribution in [0.3, 0.4) is 0 Å². The lowest BCUT2D eigenvalue weighted by atomic mass is 9.99. The van der Waals surface area contributed by atoms with Gasteiger partial charge in [-0.05, 0) is 26.7 Å².